The lowest BCUT2D eigenvalue weighted by Crippen LogP contribution is -2.45. The van der Waals surface area contributed by atoms with Gasteiger partial charge in [-0.05, 0) is 43.9 Å². The number of nitrogens with zero attached hydrogens (tertiary/aromatic N) is 3. The molecule has 1 fully saturated rings. The Labute approximate surface area is 203 Å². The molecule has 0 unspecified atom stereocenters. The number of nitrogens with one attached hydrogen (secondary N) is 1. The summed E-state index contributed by atoms with van der Waals surface area (Å²) in [5, 5.41) is 4.49. The predicted octanol–water partition coefficient (Wildman–Crippen LogP) is 3.96. The Kier molecular flexibility index (Phi) is 8.22. The van der Waals surface area contributed by atoms with Crippen molar-refractivity contribution in [2.45, 2.75) is 57.3 Å². The highest BCUT2D eigenvalue weighted by atomic mass is 32.2. The minimum atomic E-state index is -0.0123. The molecule has 0 aliphatic carbocycles. The van der Waals surface area contributed by atoms with Crippen molar-refractivity contribution in [2.75, 3.05) is 25.4 Å². The Bertz CT molecular complexity index is 1130. The van der Waals surface area contributed by atoms with E-state index in [0.717, 1.165) is 55.0 Å². The SMILES string of the molecule is CCc1cc2c(=O)n(CCc3ccccc3)c(SCC(=O)NC3CCN(CC)CC3)nc2s1. The van der Waals surface area contributed by atoms with Crippen molar-refractivity contribution in [2.24, 2.45) is 0 Å². The molecule has 3 heterocycles. The molecular weight excluding hydrogens is 452 g/mol. The highest BCUT2D eigenvalue weighted by Crippen LogP contribution is 2.25. The molecule has 33 heavy (non-hydrogen) atoms. The molecule has 4 rings (SSSR count). The molecule has 3 aromatic rings. The van der Waals surface area contributed by atoms with Crippen molar-refractivity contribution >= 4 is 39.2 Å². The Balaban J connectivity index is 1.48. The number of thioether (sulfide) groups is 1. The standard InChI is InChI=1S/C25H32N4O2S2/c1-3-20-16-21-23(33-20)27-25(29(24(21)31)15-10-18-8-6-5-7-9-18)32-17-22(30)26-19-11-13-28(4-2)14-12-19/h5-9,16,19H,3-4,10-15,17H2,1-2H3,(H,26,30). The quantitative estimate of drug-likeness (QED) is 0.368. The maximum absolute atomic E-state index is 13.3. The number of hydrogen-bond acceptors (Lipinski definition) is 6. The topological polar surface area (TPSA) is 67.2 Å². The summed E-state index contributed by atoms with van der Waals surface area (Å²) in [6.07, 6.45) is 3.61. The van der Waals surface area contributed by atoms with Gasteiger partial charge in [0.1, 0.15) is 4.83 Å². The van der Waals surface area contributed by atoms with Crippen molar-refractivity contribution in [1.82, 2.24) is 19.8 Å². The fraction of sp³-hybridized carbons (Fsp3) is 0.480. The second kappa shape index (κ2) is 11.3. The van der Waals surface area contributed by atoms with Crippen LogP contribution in [-0.4, -0.2) is 51.8 Å². The third-order valence-electron chi connectivity index (χ3n) is 6.21. The average molecular weight is 485 g/mol. The zero-order valence-corrected chi connectivity index (χ0v) is 21.0. The maximum atomic E-state index is 13.3. The fourth-order valence-electron chi connectivity index (χ4n) is 4.21. The van der Waals surface area contributed by atoms with Crippen molar-refractivity contribution in [3.05, 3.63) is 57.2 Å². The van der Waals surface area contributed by atoms with E-state index >= 15 is 0 Å². The molecule has 1 aromatic carbocycles. The first-order valence-corrected chi connectivity index (χ1v) is 13.6. The van der Waals surface area contributed by atoms with Crippen LogP contribution in [0.2, 0.25) is 0 Å². The van der Waals surface area contributed by atoms with E-state index < -0.39 is 0 Å². The second-order valence-electron chi connectivity index (χ2n) is 8.44. The van der Waals surface area contributed by atoms with E-state index in [-0.39, 0.29) is 23.3 Å². The summed E-state index contributed by atoms with van der Waals surface area (Å²) in [6.45, 7) is 7.93. The summed E-state index contributed by atoms with van der Waals surface area (Å²) in [5.41, 5.74) is 1.16. The summed E-state index contributed by atoms with van der Waals surface area (Å²) < 4.78 is 1.75. The predicted molar refractivity (Wildman–Crippen MR) is 137 cm³/mol. The first-order chi connectivity index (χ1) is 16.1. The molecule has 0 spiro atoms. The molecule has 0 atom stereocenters. The van der Waals surface area contributed by atoms with Crippen LogP contribution in [0, 0.1) is 0 Å². The first-order valence-electron chi connectivity index (χ1n) is 11.8. The monoisotopic (exact) mass is 484 g/mol. The van der Waals surface area contributed by atoms with E-state index in [1.807, 2.05) is 24.3 Å². The molecule has 1 saturated heterocycles. The van der Waals surface area contributed by atoms with Gasteiger partial charge in [-0.15, -0.1) is 11.3 Å². The van der Waals surface area contributed by atoms with E-state index in [4.69, 9.17) is 4.98 Å². The normalized spacial score (nSPS) is 15.2. The molecule has 176 valence electrons. The van der Waals surface area contributed by atoms with E-state index in [0.29, 0.717) is 17.1 Å². The zero-order chi connectivity index (χ0) is 23.2. The average Bonchev–Trinajstić information content (AvgIpc) is 3.27. The number of thiophene rings is 1. The molecule has 0 bridgehead atoms. The van der Waals surface area contributed by atoms with Crippen LogP contribution in [0.4, 0.5) is 0 Å². The Morgan fingerprint density at radius 1 is 1.21 bits per heavy atom. The van der Waals surface area contributed by atoms with Gasteiger partial charge in [0, 0.05) is 30.6 Å². The highest BCUT2D eigenvalue weighted by molar-refractivity contribution is 7.99. The molecule has 0 saturated carbocycles. The molecular formula is C25H32N4O2S2. The van der Waals surface area contributed by atoms with Crippen LogP contribution < -0.4 is 10.9 Å². The largest absolute Gasteiger partial charge is 0.353 e. The van der Waals surface area contributed by atoms with Gasteiger partial charge in [-0.1, -0.05) is 55.9 Å². The van der Waals surface area contributed by atoms with Crippen molar-refractivity contribution in [3.8, 4) is 0 Å². The van der Waals surface area contributed by atoms with Crippen LogP contribution >= 0.6 is 23.1 Å². The lowest BCUT2D eigenvalue weighted by atomic mass is 10.1. The van der Waals surface area contributed by atoms with Crippen LogP contribution in [0.15, 0.2) is 46.3 Å². The van der Waals surface area contributed by atoms with Gasteiger partial charge in [0.15, 0.2) is 5.16 Å². The Morgan fingerprint density at radius 3 is 2.67 bits per heavy atom. The van der Waals surface area contributed by atoms with E-state index in [9.17, 15) is 9.59 Å². The van der Waals surface area contributed by atoms with E-state index in [1.54, 1.807) is 15.9 Å². The molecule has 6 nitrogen and oxygen atoms in total. The van der Waals surface area contributed by atoms with Crippen molar-refractivity contribution in [1.29, 1.82) is 0 Å². The van der Waals surface area contributed by atoms with E-state index in [1.165, 1.54) is 17.3 Å². The fourth-order valence-corrected chi connectivity index (χ4v) is 6.05. The number of rotatable bonds is 9. The van der Waals surface area contributed by atoms with Crippen LogP contribution in [-0.2, 0) is 24.2 Å². The van der Waals surface area contributed by atoms with Gasteiger partial charge in [-0.3, -0.25) is 14.2 Å². The third-order valence-corrected chi connectivity index (χ3v) is 8.36. The lowest BCUT2D eigenvalue weighted by molar-refractivity contribution is -0.119. The number of fused-ring (bicyclic) bond motifs is 1. The first kappa shape index (κ1) is 24.0. The van der Waals surface area contributed by atoms with Crippen molar-refractivity contribution < 1.29 is 4.79 Å². The minimum Gasteiger partial charge on any atom is -0.353 e. The lowest BCUT2D eigenvalue weighted by Gasteiger charge is -2.31. The van der Waals surface area contributed by atoms with Gasteiger partial charge in [0.25, 0.3) is 5.56 Å². The van der Waals surface area contributed by atoms with Gasteiger partial charge in [0.2, 0.25) is 5.91 Å². The number of aryl methyl sites for hydroxylation is 2. The number of benzene rings is 1. The van der Waals surface area contributed by atoms with Gasteiger partial charge >= 0.3 is 0 Å². The maximum Gasteiger partial charge on any atom is 0.262 e. The molecule has 1 aliphatic rings. The van der Waals surface area contributed by atoms with Crippen molar-refractivity contribution in [3.63, 3.8) is 0 Å². The Hall–Kier alpha value is -2.16. The molecule has 1 aliphatic heterocycles. The van der Waals surface area contributed by atoms with Crippen LogP contribution in [0.1, 0.15) is 37.1 Å². The summed E-state index contributed by atoms with van der Waals surface area (Å²) >= 11 is 2.94. The number of hydrogen-bond donors (Lipinski definition) is 1. The summed E-state index contributed by atoms with van der Waals surface area (Å²) in [5.74, 6) is 0.280. The third kappa shape index (κ3) is 6.05. The Morgan fingerprint density at radius 2 is 1.97 bits per heavy atom. The number of carbonyl (C=O) groups excluding carboxylic acids is 1. The molecule has 1 amide bonds. The minimum absolute atomic E-state index is 0.0123. The summed E-state index contributed by atoms with van der Waals surface area (Å²) in [4.78, 5) is 35.1. The summed E-state index contributed by atoms with van der Waals surface area (Å²) in [6, 6.07) is 12.4. The van der Waals surface area contributed by atoms with Gasteiger partial charge in [0.05, 0.1) is 11.1 Å². The number of amides is 1. The van der Waals surface area contributed by atoms with Gasteiger partial charge in [-0.25, -0.2) is 4.98 Å². The van der Waals surface area contributed by atoms with Crippen LogP contribution in [0.25, 0.3) is 10.2 Å². The van der Waals surface area contributed by atoms with Gasteiger partial charge in [-0.2, -0.15) is 0 Å². The van der Waals surface area contributed by atoms with Gasteiger partial charge < -0.3 is 10.2 Å². The number of carbonyl (C=O) groups is 1. The molecule has 0 radical (unpaired) electrons. The van der Waals surface area contributed by atoms with E-state index in [2.05, 4.69) is 36.2 Å². The summed E-state index contributed by atoms with van der Waals surface area (Å²) in [7, 11) is 0. The number of piperidine rings is 1. The molecule has 8 heteroatoms. The highest BCUT2D eigenvalue weighted by Gasteiger charge is 2.21. The zero-order valence-electron chi connectivity index (χ0n) is 19.4. The molecule has 1 N–H and O–H groups in total. The van der Waals surface area contributed by atoms with Crippen LogP contribution in [0.5, 0.6) is 0 Å². The number of aromatic nitrogens is 2. The van der Waals surface area contributed by atoms with Crippen LogP contribution in [0.3, 0.4) is 0 Å². The smallest absolute Gasteiger partial charge is 0.262 e. The second-order valence-corrected chi connectivity index (χ2v) is 10.5. The number of likely N-dealkylation sites (tertiary alicyclic amines) is 1. The molecule has 2 aromatic heterocycles.